The Hall–Kier alpha value is -3.42. The smallest absolute Gasteiger partial charge is 0.304 e. The molecule has 2 aromatic rings. The van der Waals surface area contributed by atoms with Crippen molar-refractivity contribution >= 4 is 11.8 Å². The van der Waals surface area contributed by atoms with Crippen LogP contribution in [-0.4, -0.2) is 48.4 Å². The van der Waals surface area contributed by atoms with Gasteiger partial charge in [-0.25, -0.2) is 0 Å². The van der Waals surface area contributed by atoms with Crippen molar-refractivity contribution < 1.29 is 39.1 Å². The van der Waals surface area contributed by atoms with Crippen LogP contribution in [0, 0.1) is 0 Å². The van der Waals surface area contributed by atoms with Crippen molar-refractivity contribution in [3.8, 4) is 28.7 Å². The van der Waals surface area contributed by atoms with Crippen molar-refractivity contribution in [2.75, 3.05) is 21.3 Å². The van der Waals surface area contributed by atoms with Crippen LogP contribution in [-0.2, 0) is 4.79 Å². The van der Waals surface area contributed by atoms with E-state index in [1.54, 1.807) is 0 Å². The Morgan fingerprint density at radius 3 is 2.04 bits per heavy atom. The summed E-state index contributed by atoms with van der Waals surface area (Å²) in [4.78, 5) is 23.3. The van der Waals surface area contributed by atoms with Crippen molar-refractivity contribution in [1.82, 2.24) is 0 Å². The molecule has 0 aliphatic heterocycles. The van der Waals surface area contributed by atoms with Crippen molar-refractivity contribution in [3.63, 3.8) is 0 Å². The minimum Gasteiger partial charge on any atom is -0.508 e. The van der Waals surface area contributed by atoms with E-state index in [-0.39, 0.29) is 22.6 Å². The molecule has 0 amide bonds. The van der Waals surface area contributed by atoms with Crippen LogP contribution < -0.4 is 14.2 Å². The first-order chi connectivity index (χ1) is 13.2. The summed E-state index contributed by atoms with van der Waals surface area (Å²) in [6, 6.07) is 5.56. The molecule has 0 heterocycles. The summed E-state index contributed by atoms with van der Waals surface area (Å²) in [6.07, 6.45) is -0.478. The molecule has 8 nitrogen and oxygen atoms in total. The van der Waals surface area contributed by atoms with Crippen LogP contribution in [0.2, 0.25) is 0 Å². The van der Waals surface area contributed by atoms with Gasteiger partial charge in [-0.15, -0.1) is 0 Å². The summed E-state index contributed by atoms with van der Waals surface area (Å²) >= 11 is 0. The molecule has 150 valence electrons. The molecule has 0 aliphatic rings. The van der Waals surface area contributed by atoms with Crippen LogP contribution in [0.3, 0.4) is 0 Å². The normalized spacial score (nSPS) is 11.6. The average molecular weight is 390 g/mol. The number of aliphatic carboxylic acids is 1. The Morgan fingerprint density at radius 1 is 0.964 bits per heavy atom. The van der Waals surface area contributed by atoms with Gasteiger partial charge in [-0.1, -0.05) is 0 Å². The second-order valence-corrected chi connectivity index (χ2v) is 6.05. The molecule has 0 radical (unpaired) electrons. The third-order valence-electron chi connectivity index (χ3n) is 4.41. The number of phenols is 2. The maximum absolute atomic E-state index is 11.8. The number of hydrogen-bond acceptors (Lipinski definition) is 7. The highest BCUT2D eigenvalue weighted by atomic mass is 16.5. The lowest BCUT2D eigenvalue weighted by Crippen LogP contribution is -2.11. The second-order valence-electron chi connectivity index (χ2n) is 6.05. The van der Waals surface area contributed by atoms with Crippen LogP contribution in [0.4, 0.5) is 0 Å². The zero-order chi connectivity index (χ0) is 21.0. The topological polar surface area (TPSA) is 123 Å². The fourth-order valence-corrected chi connectivity index (χ4v) is 3.09. The van der Waals surface area contributed by atoms with Gasteiger partial charge in [0, 0.05) is 23.1 Å². The first-order valence-corrected chi connectivity index (χ1v) is 8.32. The standard InChI is InChI=1S/C20H22O8/c1-10(21)11-5-6-14(22)19(20(11)25)13(8-18(23)24)12-7-16(27-3)17(28-4)9-15(12)26-2/h5-7,9,13,22,25H,8H2,1-4H3,(H,23,24)/t13-/m0/s1. The highest BCUT2D eigenvalue weighted by molar-refractivity contribution is 5.97. The molecule has 3 N–H and O–H groups in total. The molecular formula is C20H22O8. The van der Waals surface area contributed by atoms with Crippen LogP contribution in [0.1, 0.15) is 40.7 Å². The minimum absolute atomic E-state index is 0.0253. The number of carbonyl (C=O) groups is 2. The van der Waals surface area contributed by atoms with Gasteiger partial charge in [-0.05, 0) is 25.1 Å². The number of carboxylic acid groups (broad SMARTS) is 1. The van der Waals surface area contributed by atoms with Gasteiger partial charge < -0.3 is 29.5 Å². The molecule has 8 heteroatoms. The number of carbonyl (C=O) groups excluding carboxylic acids is 1. The molecule has 0 spiro atoms. The highest BCUT2D eigenvalue weighted by Crippen LogP contribution is 2.47. The first-order valence-electron chi connectivity index (χ1n) is 8.32. The maximum Gasteiger partial charge on any atom is 0.304 e. The zero-order valence-electron chi connectivity index (χ0n) is 16.0. The van der Waals surface area contributed by atoms with E-state index in [1.807, 2.05) is 0 Å². The summed E-state index contributed by atoms with van der Waals surface area (Å²) in [5.41, 5.74) is 0.233. The Balaban J connectivity index is 2.82. The SMILES string of the molecule is COc1cc(OC)c([C@H](CC(=O)O)c2c(O)ccc(C(C)=O)c2O)cc1OC. The zero-order valence-corrected chi connectivity index (χ0v) is 16.0. The second kappa shape index (κ2) is 8.51. The molecule has 0 saturated heterocycles. The lowest BCUT2D eigenvalue weighted by molar-refractivity contribution is -0.137. The molecule has 1 atom stereocenters. The number of hydrogen-bond donors (Lipinski definition) is 3. The summed E-state index contributed by atoms with van der Waals surface area (Å²) < 4.78 is 15.9. The van der Waals surface area contributed by atoms with Gasteiger partial charge in [0.25, 0.3) is 0 Å². The number of benzene rings is 2. The van der Waals surface area contributed by atoms with Gasteiger partial charge >= 0.3 is 5.97 Å². The summed E-state index contributed by atoms with van der Waals surface area (Å²) in [5.74, 6) is -2.48. The Kier molecular flexibility index (Phi) is 6.35. The van der Waals surface area contributed by atoms with Crippen molar-refractivity contribution in [3.05, 3.63) is 41.0 Å². The Labute approximate surface area is 161 Å². The van der Waals surface area contributed by atoms with E-state index in [1.165, 1.54) is 52.5 Å². The van der Waals surface area contributed by atoms with Crippen molar-refractivity contribution in [2.45, 2.75) is 19.3 Å². The number of carboxylic acids is 1. The van der Waals surface area contributed by atoms with Gasteiger partial charge in [0.2, 0.25) is 0 Å². The number of aromatic hydroxyl groups is 2. The molecule has 0 aromatic heterocycles. The van der Waals surface area contributed by atoms with E-state index < -0.39 is 29.8 Å². The third-order valence-corrected chi connectivity index (χ3v) is 4.41. The first kappa shape index (κ1) is 20.9. The third kappa shape index (κ3) is 3.95. The molecule has 28 heavy (non-hydrogen) atoms. The predicted octanol–water partition coefficient (Wildman–Crippen LogP) is 2.93. The van der Waals surface area contributed by atoms with Gasteiger partial charge in [-0.2, -0.15) is 0 Å². The van der Waals surface area contributed by atoms with E-state index in [0.29, 0.717) is 17.1 Å². The largest absolute Gasteiger partial charge is 0.508 e. The predicted molar refractivity (Wildman–Crippen MR) is 100.0 cm³/mol. The number of methoxy groups -OCH3 is 3. The molecule has 0 bridgehead atoms. The van der Waals surface area contributed by atoms with E-state index >= 15 is 0 Å². The van der Waals surface area contributed by atoms with Gasteiger partial charge in [0.05, 0.1) is 33.3 Å². The number of rotatable bonds is 8. The summed E-state index contributed by atoms with van der Waals surface area (Å²) in [7, 11) is 4.26. The van der Waals surface area contributed by atoms with Crippen LogP contribution in [0.15, 0.2) is 24.3 Å². The number of ketones is 1. The lowest BCUT2D eigenvalue weighted by Gasteiger charge is -2.23. The quantitative estimate of drug-likeness (QED) is 0.588. The van der Waals surface area contributed by atoms with Crippen molar-refractivity contribution in [1.29, 1.82) is 0 Å². The van der Waals surface area contributed by atoms with Gasteiger partial charge in [0.15, 0.2) is 17.3 Å². The number of Topliss-reactive ketones (excluding diaryl/α,β-unsaturated/α-hetero) is 1. The maximum atomic E-state index is 11.8. The minimum atomic E-state index is -1.17. The van der Waals surface area contributed by atoms with E-state index in [0.717, 1.165) is 0 Å². The van der Waals surface area contributed by atoms with E-state index in [2.05, 4.69) is 0 Å². The molecule has 0 aliphatic carbocycles. The Morgan fingerprint density at radius 2 is 1.54 bits per heavy atom. The summed E-state index contributed by atoms with van der Waals surface area (Å²) in [6.45, 7) is 1.26. The molecule has 0 unspecified atom stereocenters. The van der Waals surface area contributed by atoms with Crippen molar-refractivity contribution in [2.24, 2.45) is 0 Å². The Bertz CT molecular complexity index is 904. The highest BCUT2D eigenvalue weighted by Gasteiger charge is 2.30. The van der Waals surface area contributed by atoms with Gasteiger partial charge in [0.1, 0.15) is 17.2 Å². The lowest BCUT2D eigenvalue weighted by atomic mass is 9.85. The summed E-state index contributed by atoms with van der Waals surface area (Å²) in [5, 5.41) is 30.4. The molecular weight excluding hydrogens is 368 g/mol. The van der Waals surface area contributed by atoms with E-state index in [4.69, 9.17) is 14.2 Å². The van der Waals surface area contributed by atoms with Gasteiger partial charge in [-0.3, -0.25) is 9.59 Å². The number of ether oxygens (including phenoxy) is 3. The average Bonchev–Trinajstić information content (AvgIpc) is 2.65. The van der Waals surface area contributed by atoms with Crippen LogP contribution in [0.5, 0.6) is 28.7 Å². The fraction of sp³-hybridized carbons (Fsp3) is 0.300. The van der Waals surface area contributed by atoms with Crippen LogP contribution >= 0.6 is 0 Å². The molecule has 2 aromatic carbocycles. The number of phenolic OH excluding ortho intramolecular Hbond substituents is 2. The monoisotopic (exact) mass is 390 g/mol. The fourth-order valence-electron chi connectivity index (χ4n) is 3.09. The van der Waals surface area contributed by atoms with E-state index in [9.17, 15) is 24.9 Å². The molecule has 2 rings (SSSR count). The van der Waals surface area contributed by atoms with Crippen LogP contribution in [0.25, 0.3) is 0 Å². The molecule has 0 fully saturated rings. The molecule has 0 saturated carbocycles.